The van der Waals surface area contributed by atoms with Gasteiger partial charge < -0.3 is 14.5 Å². The lowest BCUT2D eigenvalue weighted by atomic mass is 10.1. The largest absolute Gasteiger partial charge is 0.489 e. The summed E-state index contributed by atoms with van der Waals surface area (Å²) in [6, 6.07) is 21.3. The molecule has 0 unspecified atom stereocenters. The Hall–Kier alpha value is -3.62. The number of fused-ring (bicyclic) bond motifs is 1. The summed E-state index contributed by atoms with van der Waals surface area (Å²) < 4.78 is 37.9. The molecule has 0 spiro atoms. The Balaban J connectivity index is 1.68. The third-order valence-corrected chi connectivity index (χ3v) is 7.08. The monoisotopic (exact) mass is 464 g/mol. The van der Waals surface area contributed by atoms with Crippen molar-refractivity contribution in [2.45, 2.75) is 18.4 Å². The first-order valence-electron chi connectivity index (χ1n) is 10.3. The van der Waals surface area contributed by atoms with E-state index in [2.05, 4.69) is 5.32 Å². The number of furan rings is 1. The van der Waals surface area contributed by atoms with Crippen LogP contribution in [0.25, 0.3) is 11.0 Å². The Morgan fingerprint density at radius 1 is 1.00 bits per heavy atom. The second kappa shape index (κ2) is 9.09. The summed E-state index contributed by atoms with van der Waals surface area (Å²) in [5, 5.41) is 3.58. The normalized spacial score (nSPS) is 11.6. The van der Waals surface area contributed by atoms with Crippen LogP contribution < -0.4 is 10.1 Å². The van der Waals surface area contributed by atoms with E-state index in [9.17, 15) is 13.2 Å². The third kappa shape index (κ3) is 4.62. The number of anilines is 1. The van der Waals surface area contributed by atoms with Gasteiger partial charge in [-0.1, -0.05) is 42.5 Å². The van der Waals surface area contributed by atoms with Crippen molar-refractivity contribution >= 4 is 32.6 Å². The standard InChI is InChI=1S/C25H24N2O5S/c1-17-13-14-19(33(29,30)27(2)3)15-22(17)26-25(28)24-21(16-31-18-9-5-4-6-10-18)20-11-7-8-12-23(20)32-24/h4-15H,16H2,1-3H3,(H,26,28). The highest BCUT2D eigenvalue weighted by molar-refractivity contribution is 7.89. The smallest absolute Gasteiger partial charge is 0.291 e. The fourth-order valence-corrected chi connectivity index (χ4v) is 4.31. The average molecular weight is 465 g/mol. The second-order valence-electron chi connectivity index (χ2n) is 7.73. The molecular formula is C25H24N2O5S. The molecule has 1 N–H and O–H groups in total. The van der Waals surface area contributed by atoms with Crippen LogP contribution in [-0.2, 0) is 16.6 Å². The van der Waals surface area contributed by atoms with Crippen LogP contribution in [0.1, 0.15) is 21.7 Å². The zero-order valence-corrected chi connectivity index (χ0v) is 19.3. The molecule has 0 atom stereocenters. The zero-order valence-electron chi connectivity index (χ0n) is 18.5. The van der Waals surface area contributed by atoms with Crippen molar-refractivity contribution in [3.63, 3.8) is 0 Å². The van der Waals surface area contributed by atoms with Gasteiger partial charge in [0.1, 0.15) is 17.9 Å². The molecule has 0 aliphatic carbocycles. The van der Waals surface area contributed by atoms with Crippen molar-refractivity contribution in [1.82, 2.24) is 4.31 Å². The number of benzene rings is 3. The molecule has 0 saturated carbocycles. The van der Waals surface area contributed by atoms with E-state index in [0.29, 0.717) is 22.6 Å². The molecule has 1 heterocycles. The highest BCUT2D eigenvalue weighted by atomic mass is 32.2. The van der Waals surface area contributed by atoms with E-state index < -0.39 is 15.9 Å². The molecule has 1 amide bonds. The third-order valence-electron chi connectivity index (χ3n) is 5.27. The van der Waals surface area contributed by atoms with Gasteiger partial charge in [-0.2, -0.15) is 0 Å². The number of hydrogen-bond acceptors (Lipinski definition) is 5. The topological polar surface area (TPSA) is 88.9 Å². The first kappa shape index (κ1) is 22.6. The van der Waals surface area contributed by atoms with Gasteiger partial charge in [-0.25, -0.2) is 12.7 Å². The maximum Gasteiger partial charge on any atom is 0.291 e. The Kier molecular flexibility index (Phi) is 6.22. The molecule has 0 aliphatic heterocycles. The summed E-state index contributed by atoms with van der Waals surface area (Å²) in [6.07, 6.45) is 0. The van der Waals surface area contributed by atoms with Crippen molar-refractivity contribution in [3.05, 3.63) is 89.7 Å². The van der Waals surface area contributed by atoms with Gasteiger partial charge in [0.15, 0.2) is 5.76 Å². The van der Waals surface area contributed by atoms with E-state index in [1.165, 1.54) is 26.2 Å². The molecule has 1 aromatic heterocycles. The van der Waals surface area contributed by atoms with Gasteiger partial charge in [0.25, 0.3) is 5.91 Å². The number of para-hydroxylation sites is 2. The second-order valence-corrected chi connectivity index (χ2v) is 9.88. The number of sulfonamides is 1. The molecule has 0 radical (unpaired) electrons. The molecule has 0 aliphatic rings. The van der Waals surface area contributed by atoms with E-state index in [0.717, 1.165) is 15.3 Å². The van der Waals surface area contributed by atoms with Gasteiger partial charge in [-0.3, -0.25) is 4.79 Å². The van der Waals surface area contributed by atoms with Gasteiger partial charge >= 0.3 is 0 Å². The van der Waals surface area contributed by atoms with Crippen LogP contribution in [-0.4, -0.2) is 32.7 Å². The summed E-state index contributed by atoms with van der Waals surface area (Å²) in [7, 11) is -0.728. The van der Waals surface area contributed by atoms with Gasteiger partial charge in [-0.05, 0) is 42.8 Å². The summed E-state index contributed by atoms with van der Waals surface area (Å²) in [6.45, 7) is 1.93. The number of ether oxygens (including phenoxy) is 1. The maximum atomic E-state index is 13.2. The van der Waals surface area contributed by atoms with E-state index >= 15 is 0 Å². The van der Waals surface area contributed by atoms with Crippen molar-refractivity contribution in [3.8, 4) is 5.75 Å². The first-order valence-corrected chi connectivity index (χ1v) is 11.7. The summed E-state index contributed by atoms with van der Waals surface area (Å²) in [4.78, 5) is 13.3. The van der Waals surface area contributed by atoms with E-state index in [4.69, 9.17) is 9.15 Å². The van der Waals surface area contributed by atoms with Crippen LogP contribution in [0.5, 0.6) is 5.75 Å². The number of aryl methyl sites for hydroxylation is 1. The van der Waals surface area contributed by atoms with Gasteiger partial charge in [-0.15, -0.1) is 0 Å². The average Bonchev–Trinajstić information content (AvgIpc) is 3.18. The molecule has 8 heteroatoms. The van der Waals surface area contributed by atoms with Crippen molar-refractivity contribution < 1.29 is 22.4 Å². The van der Waals surface area contributed by atoms with E-state index in [-0.39, 0.29) is 17.3 Å². The SMILES string of the molecule is Cc1ccc(S(=O)(=O)N(C)C)cc1NC(=O)c1oc2ccccc2c1COc1ccccc1. The highest BCUT2D eigenvalue weighted by Gasteiger charge is 2.23. The number of hydrogen-bond donors (Lipinski definition) is 1. The minimum Gasteiger partial charge on any atom is -0.489 e. The van der Waals surface area contributed by atoms with E-state index in [1.54, 1.807) is 19.1 Å². The van der Waals surface area contributed by atoms with Gasteiger partial charge in [0, 0.05) is 30.7 Å². The summed E-state index contributed by atoms with van der Waals surface area (Å²) in [5.41, 5.74) is 2.29. The van der Waals surface area contributed by atoms with Crippen molar-refractivity contribution in [1.29, 1.82) is 0 Å². The molecule has 0 saturated heterocycles. The van der Waals surface area contributed by atoms with Crippen LogP contribution in [0.2, 0.25) is 0 Å². The predicted octanol–water partition coefficient (Wildman–Crippen LogP) is 4.82. The minimum absolute atomic E-state index is 0.0886. The molecule has 0 bridgehead atoms. The Bertz CT molecular complexity index is 1410. The first-order chi connectivity index (χ1) is 15.8. The molecule has 4 aromatic rings. The lowest BCUT2D eigenvalue weighted by molar-refractivity contribution is 0.0995. The van der Waals surface area contributed by atoms with Crippen molar-refractivity contribution in [2.24, 2.45) is 0 Å². The quantitative estimate of drug-likeness (QED) is 0.423. The van der Waals surface area contributed by atoms with Crippen LogP contribution >= 0.6 is 0 Å². The number of nitrogens with zero attached hydrogens (tertiary/aromatic N) is 1. The number of carbonyl (C=O) groups is 1. The van der Waals surface area contributed by atoms with Gasteiger partial charge in [0.05, 0.1) is 4.90 Å². The number of nitrogens with one attached hydrogen (secondary N) is 1. The Morgan fingerprint density at radius 2 is 1.70 bits per heavy atom. The minimum atomic E-state index is -3.65. The lowest BCUT2D eigenvalue weighted by Crippen LogP contribution is -2.22. The van der Waals surface area contributed by atoms with Crippen LogP contribution in [0.4, 0.5) is 5.69 Å². The highest BCUT2D eigenvalue weighted by Crippen LogP contribution is 2.29. The Morgan fingerprint density at radius 3 is 2.42 bits per heavy atom. The van der Waals surface area contributed by atoms with Gasteiger partial charge in [0.2, 0.25) is 10.0 Å². The number of carbonyl (C=O) groups excluding carboxylic acids is 1. The fourth-order valence-electron chi connectivity index (χ4n) is 3.38. The summed E-state index contributed by atoms with van der Waals surface area (Å²) in [5.74, 6) is 0.305. The molecule has 7 nitrogen and oxygen atoms in total. The van der Waals surface area contributed by atoms with Crippen LogP contribution in [0.15, 0.2) is 82.1 Å². The van der Waals surface area contributed by atoms with Crippen LogP contribution in [0.3, 0.4) is 0 Å². The number of amides is 1. The maximum absolute atomic E-state index is 13.2. The molecule has 33 heavy (non-hydrogen) atoms. The zero-order chi connectivity index (χ0) is 23.6. The fraction of sp³-hybridized carbons (Fsp3) is 0.160. The van der Waals surface area contributed by atoms with Crippen molar-refractivity contribution in [2.75, 3.05) is 19.4 Å². The summed E-state index contributed by atoms with van der Waals surface area (Å²) >= 11 is 0. The molecule has 170 valence electrons. The molecular weight excluding hydrogens is 440 g/mol. The molecule has 4 rings (SSSR count). The number of rotatable bonds is 7. The Labute approximate surface area is 192 Å². The van der Waals surface area contributed by atoms with Crippen LogP contribution in [0, 0.1) is 6.92 Å². The molecule has 3 aromatic carbocycles. The molecule has 0 fully saturated rings. The lowest BCUT2D eigenvalue weighted by Gasteiger charge is -2.14. The van der Waals surface area contributed by atoms with E-state index in [1.807, 2.05) is 48.5 Å². The predicted molar refractivity (Wildman–Crippen MR) is 127 cm³/mol.